The number of hydrogen-bond acceptors (Lipinski definition) is 5. The molecule has 122 valence electrons. The van der Waals surface area contributed by atoms with E-state index in [4.69, 9.17) is 16.0 Å². The summed E-state index contributed by atoms with van der Waals surface area (Å²) >= 11 is 0. The van der Waals surface area contributed by atoms with Crippen LogP contribution in [0.5, 0.6) is 0 Å². The minimum Gasteiger partial charge on any atom is -0.352 e. The van der Waals surface area contributed by atoms with E-state index in [9.17, 15) is 4.79 Å². The molecule has 2 aromatic rings. The molecule has 0 spiro atoms. The van der Waals surface area contributed by atoms with Gasteiger partial charge in [0, 0.05) is 0 Å². The Balaban J connectivity index is 1.81. The van der Waals surface area contributed by atoms with E-state index in [2.05, 4.69) is 15.5 Å². The molecule has 1 heterocycles. The van der Waals surface area contributed by atoms with Crippen LogP contribution in [0, 0.1) is 6.92 Å². The van der Waals surface area contributed by atoms with Crippen molar-refractivity contribution in [3.8, 4) is 0 Å². The zero-order valence-electron chi connectivity index (χ0n) is 13.1. The number of hydrogen-bond donors (Lipinski definition) is 3. The maximum absolute atomic E-state index is 11.3. The summed E-state index contributed by atoms with van der Waals surface area (Å²) in [7, 11) is 0. The minimum absolute atomic E-state index is 0.322. The van der Waals surface area contributed by atoms with Crippen LogP contribution in [0.3, 0.4) is 0 Å². The molecular weight excluding hydrogens is 294 g/mol. The molecule has 1 saturated carbocycles. The number of amides is 2. The Morgan fingerprint density at radius 2 is 2.17 bits per heavy atom. The van der Waals surface area contributed by atoms with Crippen molar-refractivity contribution in [2.45, 2.75) is 44.2 Å². The molecule has 1 fully saturated rings. The second-order valence-corrected chi connectivity index (χ2v) is 6.14. The summed E-state index contributed by atoms with van der Waals surface area (Å²) in [5.74, 6) is 0.986. The van der Waals surface area contributed by atoms with Crippen LogP contribution in [-0.4, -0.2) is 16.2 Å². The van der Waals surface area contributed by atoms with E-state index in [0.717, 1.165) is 30.4 Å². The van der Waals surface area contributed by atoms with Gasteiger partial charge in [-0.25, -0.2) is 4.79 Å². The average Bonchev–Trinajstić information content (AvgIpc) is 2.93. The Morgan fingerprint density at radius 1 is 1.43 bits per heavy atom. The molecule has 0 bridgehead atoms. The van der Waals surface area contributed by atoms with Gasteiger partial charge in [-0.1, -0.05) is 29.4 Å². The standard InChI is InChI=1S/C16H21N5O2/c1-10-5-2-3-6-11(10)12(19-15(17)22)9-13-20-14(21-23-13)16(18)7-4-8-16/h2-3,5-6,12H,4,7-9,18H2,1H3,(H3,17,19,22). The van der Waals surface area contributed by atoms with Crippen LogP contribution in [0.25, 0.3) is 0 Å². The van der Waals surface area contributed by atoms with Gasteiger partial charge in [0.2, 0.25) is 5.89 Å². The molecule has 0 aliphatic heterocycles. The third-order valence-corrected chi connectivity index (χ3v) is 4.42. The first-order valence-electron chi connectivity index (χ1n) is 7.71. The lowest BCUT2D eigenvalue weighted by Crippen LogP contribution is -2.44. The van der Waals surface area contributed by atoms with Crippen molar-refractivity contribution in [3.05, 3.63) is 47.1 Å². The highest BCUT2D eigenvalue weighted by atomic mass is 16.5. The predicted octanol–water partition coefficient (Wildman–Crippen LogP) is 1.67. The zero-order chi connectivity index (χ0) is 16.4. The van der Waals surface area contributed by atoms with Gasteiger partial charge >= 0.3 is 6.03 Å². The minimum atomic E-state index is -0.590. The molecule has 3 rings (SSSR count). The summed E-state index contributed by atoms with van der Waals surface area (Å²) in [6, 6.07) is 6.88. The van der Waals surface area contributed by atoms with Gasteiger partial charge in [0.25, 0.3) is 0 Å². The molecule has 7 heteroatoms. The molecule has 23 heavy (non-hydrogen) atoms. The van der Waals surface area contributed by atoms with Crippen molar-refractivity contribution < 1.29 is 9.32 Å². The van der Waals surface area contributed by atoms with E-state index in [1.54, 1.807) is 0 Å². The number of carbonyl (C=O) groups excluding carboxylic acids is 1. The quantitative estimate of drug-likeness (QED) is 0.775. The van der Waals surface area contributed by atoms with Crippen LogP contribution >= 0.6 is 0 Å². The van der Waals surface area contributed by atoms with Crippen molar-refractivity contribution in [1.82, 2.24) is 15.5 Å². The second kappa shape index (κ2) is 6.00. The monoisotopic (exact) mass is 315 g/mol. The topological polar surface area (TPSA) is 120 Å². The van der Waals surface area contributed by atoms with Crippen molar-refractivity contribution in [2.75, 3.05) is 0 Å². The fraction of sp³-hybridized carbons (Fsp3) is 0.438. The molecule has 1 unspecified atom stereocenters. The molecule has 2 amide bonds. The summed E-state index contributed by atoms with van der Waals surface area (Å²) in [5, 5.41) is 6.74. The van der Waals surface area contributed by atoms with Crippen LogP contribution in [0.15, 0.2) is 28.8 Å². The molecule has 1 aliphatic carbocycles. The Hall–Kier alpha value is -2.41. The van der Waals surface area contributed by atoms with Gasteiger partial charge in [0.05, 0.1) is 18.0 Å². The molecule has 5 N–H and O–H groups in total. The van der Waals surface area contributed by atoms with E-state index in [1.807, 2.05) is 31.2 Å². The van der Waals surface area contributed by atoms with Gasteiger partial charge in [0.15, 0.2) is 5.82 Å². The highest BCUT2D eigenvalue weighted by molar-refractivity contribution is 5.72. The van der Waals surface area contributed by atoms with Crippen LogP contribution in [-0.2, 0) is 12.0 Å². The van der Waals surface area contributed by atoms with Gasteiger partial charge in [0.1, 0.15) is 0 Å². The lowest BCUT2D eigenvalue weighted by molar-refractivity contribution is 0.228. The smallest absolute Gasteiger partial charge is 0.312 e. The fourth-order valence-corrected chi connectivity index (χ4v) is 2.88. The first-order chi connectivity index (χ1) is 11.0. The number of aryl methyl sites for hydroxylation is 1. The summed E-state index contributed by atoms with van der Waals surface area (Å²) in [6.45, 7) is 1.98. The number of benzene rings is 1. The highest BCUT2D eigenvalue weighted by Crippen LogP contribution is 2.37. The van der Waals surface area contributed by atoms with E-state index >= 15 is 0 Å². The van der Waals surface area contributed by atoms with Crippen LogP contribution in [0.4, 0.5) is 4.79 Å². The van der Waals surface area contributed by atoms with Gasteiger partial charge < -0.3 is 21.3 Å². The van der Waals surface area contributed by atoms with Crippen molar-refractivity contribution in [1.29, 1.82) is 0 Å². The predicted molar refractivity (Wildman–Crippen MR) is 84.4 cm³/mol. The summed E-state index contributed by atoms with van der Waals surface area (Å²) in [5.41, 5.74) is 13.1. The van der Waals surface area contributed by atoms with Gasteiger partial charge in [-0.2, -0.15) is 4.98 Å². The van der Waals surface area contributed by atoms with E-state index < -0.39 is 11.6 Å². The maximum Gasteiger partial charge on any atom is 0.312 e. The van der Waals surface area contributed by atoms with Crippen molar-refractivity contribution in [3.63, 3.8) is 0 Å². The van der Waals surface area contributed by atoms with E-state index in [-0.39, 0.29) is 6.04 Å². The Kier molecular flexibility index (Phi) is 4.04. The molecular formula is C16H21N5O2. The lowest BCUT2D eigenvalue weighted by Gasteiger charge is -2.34. The summed E-state index contributed by atoms with van der Waals surface area (Å²) in [4.78, 5) is 15.7. The number of nitrogens with one attached hydrogen (secondary N) is 1. The second-order valence-electron chi connectivity index (χ2n) is 6.14. The number of primary amides is 1. The Bertz CT molecular complexity index is 708. The Labute approximate surface area is 134 Å². The van der Waals surface area contributed by atoms with Gasteiger partial charge in [-0.05, 0) is 37.3 Å². The average molecular weight is 315 g/mol. The highest BCUT2D eigenvalue weighted by Gasteiger charge is 2.39. The zero-order valence-corrected chi connectivity index (χ0v) is 13.1. The summed E-state index contributed by atoms with van der Waals surface area (Å²) < 4.78 is 5.33. The van der Waals surface area contributed by atoms with Gasteiger partial charge in [-0.15, -0.1) is 0 Å². The van der Waals surface area contributed by atoms with Crippen LogP contribution in [0.2, 0.25) is 0 Å². The van der Waals surface area contributed by atoms with Crippen molar-refractivity contribution >= 4 is 6.03 Å². The third-order valence-electron chi connectivity index (χ3n) is 4.42. The number of carbonyl (C=O) groups is 1. The number of nitrogens with zero attached hydrogens (tertiary/aromatic N) is 2. The largest absolute Gasteiger partial charge is 0.352 e. The normalized spacial score (nSPS) is 17.3. The molecule has 0 saturated heterocycles. The number of aromatic nitrogens is 2. The SMILES string of the molecule is Cc1ccccc1C(Cc1nc(C2(N)CCC2)no1)NC(N)=O. The van der Waals surface area contributed by atoms with Gasteiger partial charge in [-0.3, -0.25) is 0 Å². The fourth-order valence-electron chi connectivity index (χ4n) is 2.88. The molecule has 7 nitrogen and oxygen atoms in total. The Morgan fingerprint density at radius 3 is 2.78 bits per heavy atom. The molecule has 1 atom stereocenters. The van der Waals surface area contributed by atoms with Crippen molar-refractivity contribution in [2.24, 2.45) is 11.5 Å². The first-order valence-corrected chi connectivity index (χ1v) is 7.71. The molecule has 0 radical (unpaired) electrons. The molecule has 1 aromatic heterocycles. The third kappa shape index (κ3) is 3.19. The molecule has 1 aromatic carbocycles. The lowest BCUT2D eigenvalue weighted by atomic mass is 9.77. The van der Waals surface area contributed by atoms with E-state index in [0.29, 0.717) is 18.1 Å². The van der Waals surface area contributed by atoms with Crippen LogP contribution in [0.1, 0.15) is 48.1 Å². The first kappa shape index (κ1) is 15.5. The summed E-state index contributed by atoms with van der Waals surface area (Å²) in [6.07, 6.45) is 3.19. The van der Waals surface area contributed by atoms with E-state index in [1.165, 1.54) is 0 Å². The number of rotatable bonds is 5. The number of urea groups is 1. The number of nitrogens with two attached hydrogens (primary N) is 2. The maximum atomic E-state index is 11.3. The molecule has 1 aliphatic rings. The van der Waals surface area contributed by atoms with Crippen LogP contribution < -0.4 is 16.8 Å².